The van der Waals surface area contributed by atoms with Crippen LogP contribution in [0.1, 0.15) is 35.3 Å². The van der Waals surface area contributed by atoms with Gasteiger partial charge in [-0.15, -0.1) is 0 Å². The van der Waals surface area contributed by atoms with Gasteiger partial charge in [0.15, 0.2) is 0 Å². The van der Waals surface area contributed by atoms with Crippen LogP contribution in [-0.4, -0.2) is 14.8 Å². The number of aromatic nitrogens is 1. The highest BCUT2D eigenvalue weighted by Gasteiger charge is 2.19. The maximum absolute atomic E-state index is 11.2. The minimum Gasteiger partial charge on any atom is -0.404 e. The van der Waals surface area contributed by atoms with E-state index in [1.807, 2.05) is 0 Å². The monoisotopic (exact) mass is 290 g/mol. The van der Waals surface area contributed by atoms with E-state index in [2.05, 4.69) is 9.51 Å². The fraction of sp³-hybridized carbons (Fsp3) is 0.385. The third kappa shape index (κ3) is 3.60. The highest BCUT2D eigenvalue weighted by molar-refractivity contribution is 7.46. The van der Waals surface area contributed by atoms with Crippen molar-refractivity contribution in [2.24, 2.45) is 5.92 Å². The van der Waals surface area contributed by atoms with Crippen LogP contribution in [0.4, 0.5) is 0 Å². The molecule has 3 N–H and O–H groups in total. The number of rotatable bonds is 5. The van der Waals surface area contributed by atoms with Gasteiger partial charge < -0.3 is 9.51 Å². The lowest BCUT2D eigenvalue weighted by atomic mass is 10.0. The van der Waals surface area contributed by atoms with Crippen LogP contribution in [0.3, 0.4) is 0 Å². The van der Waals surface area contributed by atoms with E-state index in [9.17, 15) is 4.57 Å². The van der Waals surface area contributed by atoms with Crippen molar-refractivity contribution >= 4 is 18.7 Å². The lowest BCUT2D eigenvalue weighted by Crippen LogP contribution is -1.94. The molecule has 1 unspecified atom stereocenters. The molecule has 0 amide bonds. The number of benzene rings is 1. The molecule has 0 aliphatic carbocycles. The summed E-state index contributed by atoms with van der Waals surface area (Å²) in [5, 5.41) is -0.0672. The van der Waals surface area contributed by atoms with Gasteiger partial charge in [0.1, 0.15) is 5.75 Å². The third-order valence-electron chi connectivity index (χ3n) is 2.31. The summed E-state index contributed by atoms with van der Waals surface area (Å²) < 4.78 is 70.8. The first-order chi connectivity index (χ1) is 11.6. The number of fused-ring (bicyclic) bond motifs is 1. The van der Waals surface area contributed by atoms with Gasteiger partial charge in [-0.25, -0.2) is 4.57 Å². The standard InChI is InChI=1S/C13H18NO4P/c1-9(2)6-7-10-8-14-11-4-3-5-12(13(10)11)18-19(15,16)17/h3-5,8-9,14H,6-7H2,1-2H3,(H2,15,16,17)/i1D3,6D2,7D2. The third-order valence-corrected chi connectivity index (χ3v) is 2.74. The summed E-state index contributed by atoms with van der Waals surface area (Å²) >= 11 is 0. The second kappa shape index (κ2) is 5.37. The molecule has 0 bridgehead atoms. The summed E-state index contributed by atoms with van der Waals surface area (Å²) in [5.74, 6) is -1.99. The van der Waals surface area contributed by atoms with Crippen LogP contribution in [0.2, 0.25) is 0 Å². The summed E-state index contributed by atoms with van der Waals surface area (Å²) in [5.41, 5.74) is -0.0372. The predicted octanol–water partition coefficient (Wildman–Crippen LogP) is 3.23. The van der Waals surface area contributed by atoms with Gasteiger partial charge in [-0.2, -0.15) is 0 Å². The van der Waals surface area contributed by atoms with E-state index in [1.165, 1.54) is 18.2 Å². The molecule has 19 heavy (non-hydrogen) atoms. The quantitative estimate of drug-likeness (QED) is 0.738. The summed E-state index contributed by atoms with van der Waals surface area (Å²) in [4.78, 5) is 20.8. The molecule has 0 aliphatic rings. The Kier molecular flexibility index (Phi) is 2.11. The van der Waals surface area contributed by atoms with Crippen LogP contribution in [-0.2, 0) is 10.9 Å². The van der Waals surface area contributed by atoms with Gasteiger partial charge in [-0.3, -0.25) is 9.79 Å². The van der Waals surface area contributed by atoms with Crippen molar-refractivity contribution < 1.29 is 28.5 Å². The molecule has 1 aromatic heterocycles. The Balaban J connectivity index is 2.67. The zero-order valence-corrected chi connectivity index (χ0v) is 10.9. The Morgan fingerprint density at radius 1 is 1.58 bits per heavy atom. The van der Waals surface area contributed by atoms with E-state index in [-0.39, 0.29) is 22.2 Å². The SMILES string of the molecule is [2H]C([2H])([2H])C(C)C([2H])([2H])C([2H])([2H])c1c[nH]c2cccc(OP(=O)(O)O)c12. The molecule has 1 aromatic carbocycles. The highest BCUT2D eigenvalue weighted by atomic mass is 31.2. The molecule has 1 heterocycles. The van der Waals surface area contributed by atoms with Gasteiger partial charge in [0.25, 0.3) is 0 Å². The van der Waals surface area contributed by atoms with Gasteiger partial charge in [-0.05, 0) is 36.4 Å². The van der Waals surface area contributed by atoms with E-state index < -0.39 is 33.3 Å². The Morgan fingerprint density at radius 2 is 2.37 bits per heavy atom. The molecular weight excluding hydrogens is 265 g/mol. The largest absolute Gasteiger partial charge is 0.524 e. The summed E-state index contributed by atoms with van der Waals surface area (Å²) in [6.07, 6.45) is -4.47. The average Bonchev–Trinajstić information content (AvgIpc) is 2.89. The predicted molar refractivity (Wildman–Crippen MR) is 74.1 cm³/mol. The van der Waals surface area contributed by atoms with E-state index in [0.29, 0.717) is 0 Å². The Labute approximate surface area is 121 Å². The smallest absolute Gasteiger partial charge is 0.404 e. The van der Waals surface area contributed by atoms with Crippen LogP contribution < -0.4 is 4.52 Å². The van der Waals surface area contributed by atoms with Crippen molar-refractivity contribution in [3.8, 4) is 5.75 Å². The zero-order chi connectivity index (χ0) is 20.1. The Bertz CT molecular complexity index is 858. The fourth-order valence-corrected chi connectivity index (χ4v) is 2.05. The van der Waals surface area contributed by atoms with Crippen molar-refractivity contribution in [1.29, 1.82) is 0 Å². The molecule has 2 aromatic rings. The summed E-state index contributed by atoms with van der Waals surface area (Å²) in [6.45, 7) is -1.65. The van der Waals surface area contributed by atoms with Crippen LogP contribution in [0.15, 0.2) is 24.4 Å². The van der Waals surface area contributed by atoms with Gasteiger partial charge in [0, 0.05) is 26.7 Å². The number of aryl methyl sites for hydroxylation is 1. The van der Waals surface area contributed by atoms with Crippen molar-refractivity contribution in [2.45, 2.75) is 26.5 Å². The number of aromatic amines is 1. The molecule has 0 saturated heterocycles. The number of phosphoric acid groups is 1. The first-order valence-corrected chi connectivity index (χ1v) is 6.98. The minimum absolute atomic E-state index is 0.0672. The zero-order valence-electron chi connectivity index (χ0n) is 17.0. The van der Waals surface area contributed by atoms with Gasteiger partial charge in [0.05, 0.1) is 0 Å². The molecule has 0 saturated carbocycles. The molecular formula is C13H18NO4P. The molecule has 2 rings (SSSR count). The molecule has 0 aliphatic heterocycles. The Hall–Kier alpha value is -1.29. The first kappa shape index (κ1) is 7.48. The number of H-pyrrole nitrogens is 1. The molecule has 0 radical (unpaired) electrons. The highest BCUT2D eigenvalue weighted by Crippen LogP contribution is 2.41. The summed E-state index contributed by atoms with van der Waals surface area (Å²) in [7, 11) is -4.95. The topological polar surface area (TPSA) is 82.6 Å². The number of hydrogen-bond acceptors (Lipinski definition) is 2. The van der Waals surface area contributed by atoms with Crippen LogP contribution >= 0.6 is 7.82 Å². The number of hydrogen-bond donors (Lipinski definition) is 3. The van der Waals surface area contributed by atoms with E-state index in [4.69, 9.17) is 19.4 Å². The van der Waals surface area contributed by atoms with Crippen LogP contribution in [0.25, 0.3) is 10.9 Å². The first-order valence-electron chi connectivity index (χ1n) is 8.95. The molecule has 6 heteroatoms. The molecule has 5 nitrogen and oxygen atoms in total. The van der Waals surface area contributed by atoms with Gasteiger partial charge in [0.2, 0.25) is 0 Å². The number of nitrogens with one attached hydrogen (secondary N) is 1. The fourth-order valence-electron chi connectivity index (χ4n) is 1.64. The van der Waals surface area contributed by atoms with Gasteiger partial charge >= 0.3 is 7.82 Å². The van der Waals surface area contributed by atoms with Crippen molar-refractivity contribution in [1.82, 2.24) is 4.98 Å². The molecule has 0 fully saturated rings. The minimum atomic E-state index is -4.95. The molecule has 104 valence electrons. The maximum Gasteiger partial charge on any atom is 0.524 e. The van der Waals surface area contributed by atoms with E-state index in [0.717, 1.165) is 13.1 Å². The Morgan fingerprint density at radius 3 is 3.05 bits per heavy atom. The van der Waals surface area contributed by atoms with Crippen molar-refractivity contribution in [3.05, 3.63) is 30.0 Å². The lowest BCUT2D eigenvalue weighted by molar-refractivity contribution is 0.284. The van der Waals surface area contributed by atoms with Gasteiger partial charge in [-0.1, -0.05) is 19.8 Å². The maximum atomic E-state index is 11.2. The lowest BCUT2D eigenvalue weighted by Gasteiger charge is -2.10. The number of phosphoric ester groups is 1. The normalized spacial score (nSPS) is 21.3. The van der Waals surface area contributed by atoms with E-state index >= 15 is 0 Å². The molecule has 0 spiro atoms. The molecule has 1 atom stereocenters. The van der Waals surface area contributed by atoms with Crippen molar-refractivity contribution in [3.63, 3.8) is 0 Å². The average molecular weight is 290 g/mol. The van der Waals surface area contributed by atoms with Crippen LogP contribution in [0.5, 0.6) is 5.75 Å². The van der Waals surface area contributed by atoms with Crippen LogP contribution in [0, 0.1) is 5.92 Å². The second-order valence-electron chi connectivity index (χ2n) is 3.95. The second-order valence-corrected chi connectivity index (χ2v) is 5.12. The van der Waals surface area contributed by atoms with Crippen molar-refractivity contribution in [2.75, 3.05) is 0 Å². The summed E-state index contributed by atoms with van der Waals surface area (Å²) in [6, 6.07) is 4.12. The van der Waals surface area contributed by atoms with E-state index in [1.54, 1.807) is 0 Å².